The van der Waals surface area contributed by atoms with Gasteiger partial charge in [-0.05, 0) is 31.4 Å². The van der Waals surface area contributed by atoms with Gasteiger partial charge in [-0.2, -0.15) is 0 Å². The first-order valence-corrected chi connectivity index (χ1v) is 5.36. The van der Waals surface area contributed by atoms with Crippen LogP contribution in [0.5, 0.6) is 0 Å². The summed E-state index contributed by atoms with van der Waals surface area (Å²) in [6, 6.07) is 8.07. The van der Waals surface area contributed by atoms with Gasteiger partial charge in [-0.15, -0.1) is 0 Å². The number of aliphatic hydroxyl groups is 1. The smallest absolute Gasteiger partial charge is 0.0871 e. The third-order valence-electron chi connectivity index (χ3n) is 2.74. The lowest BCUT2D eigenvalue weighted by atomic mass is 9.88. The highest BCUT2D eigenvalue weighted by atomic mass is 16.3. The summed E-state index contributed by atoms with van der Waals surface area (Å²) < 4.78 is 0. The highest BCUT2D eigenvalue weighted by molar-refractivity contribution is 5.30. The van der Waals surface area contributed by atoms with Gasteiger partial charge in [0, 0.05) is 0 Å². The Kier molecular flexibility index (Phi) is 3.70. The van der Waals surface area contributed by atoms with Gasteiger partial charge in [-0.25, -0.2) is 0 Å². The lowest BCUT2D eigenvalue weighted by molar-refractivity contribution is 0.0447. The third kappa shape index (κ3) is 2.58. The summed E-state index contributed by atoms with van der Waals surface area (Å²) in [5.41, 5.74) is 1.57. The van der Waals surface area contributed by atoms with Crippen LogP contribution in [0.2, 0.25) is 0 Å². The molecule has 0 radical (unpaired) electrons. The zero-order chi connectivity index (χ0) is 10.6. The van der Waals surface area contributed by atoms with Crippen molar-refractivity contribution >= 4 is 0 Å². The number of rotatable bonds is 4. The van der Waals surface area contributed by atoms with Crippen molar-refractivity contribution in [2.24, 2.45) is 0 Å². The Morgan fingerprint density at radius 3 is 2.50 bits per heavy atom. The molecule has 0 aromatic heterocycles. The van der Waals surface area contributed by atoms with E-state index in [4.69, 9.17) is 0 Å². The molecular formula is C13H20O. The topological polar surface area (TPSA) is 20.2 Å². The molecule has 0 saturated carbocycles. The van der Waals surface area contributed by atoms with Crippen molar-refractivity contribution in [3.63, 3.8) is 0 Å². The van der Waals surface area contributed by atoms with E-state index < -0.39 is 5.60 Å². The zero-order valence-corrected chi connectivity index (χ0v) is 9.38. The van der Waals surface area contributed by atoms with Gasteiger partial charge in [0.25, 0.3) is 0 Å². The molecule has 0 amide bonds. The molecule has 1 unspecified atom stereocenters. The second-order valence-corrected chi connectivity index (χ2v) is 4.19. The molecule has 0 aliphatic carbocycles. The van der Waals surface area contributed by atoms with Crippen molar-refractivity contribution in [1.82, 2.24) is 0 Å². The van der Waals surface area contributed by atoms with Crippen molar-refractivity contribution < 1.29 is 5.11 Å². The van der Waals surface area contributed by atoms with Gasteiger partial charge >= 0.3 is 0 Å². The molecule has 1 aromatic rings. The molecular weight excluding hydrogens is 172 g/mol. The van der Waals surface area contributed by atoms with Crippen LogP contribution >= 0.6 is 0 Å². The van der Waals surface area contributed by atoms with E-state index in [0.29, 0.717) is 0 Å². The SMILES string of the molecule is CCCCC(C)(O)c1ccccc1C. The highest BCUT2D eigenvalue weighted by Gasteiger charge is 2.23. The second kappa shape index (κ2) is 4.61. The summed E-state index contributed by atoms with van der Waals surface area (Å²) in [5.74, 6) is 0. The first-order valence-electron chi connectivity index (χ1n) is 5.36. The van der Waals surface area contributed by atoms with E-state index in [9.17, 15) is 5.11 Å². The Labute approximate surface area is 86.8 Å². The maximum Gasteiger partial charge on any atom is 0.0871 e. The van der Waals surface area contributed by atoms with Gasteiger partial charge in [0.05, 0.1) is 5.60 Å². The summed E-state index contributed by atoms with van der Waals surface area (Å²) in [7, 11) is 0. The summed E-state index contributed by atoms with van der Waals surface area (Å²) in [6.07, 6.45) is 3.04. The van der Waals surface area contributed by atoms with Crippen LogP contribution in [0.15, 0.2) is 24.3 Å². The normalized spacial score (nSPS) is 15.1. The maximum atomic E-state index is 10.3. The third-order valence-corrected chi connectivity index (χ3v) is 2.74. The molecule has 0 spiro atoms. The van der Waals surface area contributed by atoms with Crippen LogP contribution in [0.25, 0.3) is 0 Å². The van der Waals surface area contributed by atoms with E-state index in [-0.39, 0.29) is 0 Å². The lowest BCUT2D eigenvalue weighted by Gasteiger charge is -2.25. The van der Waals surface area contributed by atoms with E-state index >= 15 is 0 Å². The molecule has 0 aliphatic rings. The Hall–Kier alpha value is -0.820. The van der Waals surface area contributed by atoms with Crippen LogP contribution < -0.4 is 0 Å². The number of aryl methyl sites for hydroxylation is 1. The van der Waals surface area contributed by atoms with Crippen molar-refractivity contribution in [2.45, 2.75) is 45.6 Å². The quantitative estimate of drug-likeness (QED) is 0.775. The molecule has 1 aromatic carbocycles. The van der Waals surface area contributed by atoms with Crippen LogP contribution in [0.3, 0.4) is 0 Å². The monoisotopic (exact) mass is 192 g/mol. The van der Waals surface area contributed by atoms with E-state index in [0.717, 1.165) is 24.8 Å². The number of hydrogen-bond donors (Lipinski definition) is 1. The summed E-state index contributed by atoms with van der Waals surface area (Å²) in [4.78, 5) is 0. The van der Waals surface area contributed by atoms with Gasteiger partial charge in [-0.1, -0.05) is 44.0 Å². The van der Waals surface area contributed by atoms with Crippen molar-refractivity contribution in [3.05, 3.63) is 35.4 Å². The van der Waals surface area contributed by atoms with Crippen molar-refractivity contribution in [2.75, 3.05) is 0 Å². The first kappa shape index (κ1) is 11.3. The average Bonchev–Trinajstić information content (AvgIpc) is 2.15. The van der Waals surface area contributed by atoms with Gasteiger partial charge in [0.2, 0.25) is 0 Å². The van der Waals surface area contributed by atoms with Crippen LogP contribution in [0.1, 0.15) is 44.2 Å². The molecule has 0 saturated heterocycles. The van der Waals surface area contributed by atoms with Gasteiger partial charge < -0.3 is 5.11 Å². The van der Waals surface area contributed by atoms with Gasteiger partial charge in [-0.3, -0.25) is 0 Å². The molecule has 1 rings (SSSR count). The fraction of sp³-hybridized carbons (Fsp3) is 0.538. The summed E-state index contributed by atoms with van der Waals surface area (Å²) in [6.45, 7) is 6.11. The van der Waals surface area contributed by atoms with Crippen molar-refractivity contribution in [1.29, 1.82) is 0 Å². The first-order chi connectivity index (χ1) is 6.58. The molecule has 14 heavy (non-hydrogen) atoms. The minimum atomic E-state index is -0.665. The molecule has 0 heterocycles. The highest BCUT2D eigenvalue weighted by Crippen LogP contribution is 2.28. The Balaban J connectivity index is 2.86. The molecule has 0 fully saturated rings. The van der Waals surface area contributed by atoms with Crippen molar-refractivity contribution in [3.8, 4) is 0 Å². The van der Waals surface area contributed by atoms with E-state index in [2.05, 4.69) is 19.9 Å². The van der Waals surface area contributed by atoms with E-state index in [1.54, 1.807) is 0 Å². The number of benzene rings is 1. The van der Waals surface area contributed by atoms with Gasteiger partial charge in [0.15, 0.2) is 0 Å². The largest absolute Gasteiger partial charge is 0.385 e. The predicted molar refractivity (Wildman–Crippen MR) is 60.3 cm³/mol. The minimum absolute atomic E-state index is 0.665. The Morgan fingerprint density at radius 1 is 1.29 bits per heavy atom. The van der Waals surface area contributed by atoms with Gasteiger partial charge in [0.1, 0.15) is 0 Å². The Bertz CT molecular complexity index is 289. The minimum Gasteiger partial charge on any atom is -0.385 e. The molecule has 0 bridgehead atoms. The maximum absolute atomic E-state index is 10.3. The van der Waals surface area contributed by atoms with Crippen LogP contribution in [0.4, 0.5) is 0 Å². The number of unbranched alkanes of at least 4 members (excludes halogenated alkanes) is 1. The van der Waals surface area contributed by atoms with Crippen LogP contribution in [-0.4, -0.2) is 5.11 Å². The van der Waals surface area contributed by atoms with Crippen LogP contribution in [0, 0.1) is 6.92 Å². The molecule has 1 atom stereocenters. The molecule has 1 N–H and O–H groups in total. The van der Waals surface area contributed by atoms with Crippen LogP contribution in [-0.2, 0) is 5.60 Å². The fourth-order valence-corrected chi connectivity index (χ4v) is 1.83. The molecule has 1 nitrogen and oxygen atoms in total. The summed E-state index contributed by atoms with van der Waals surface area (Å²) in [5, 5.41) is 10.3. The fourth-order valence-electron chi connectivity index (χ4n) is 1.83. The molecule has 78 valence electrons. The zero-order valence-electron chi connectivity index (χ0n) is 9.38. The number of hydrogen-bond acceptors (Lipinski definition) is 1. The molecule has 0 aliphatic heterocycles. The Morgan fingerprint density at radius 2 is 1.93 bits per heavy atom. The second-order valence-electron chi connectivity index (χ2n) is 4.19. The lowest BCUT2D eigenvalue weighted by Crippen LogP contribution is -2.22. The average molecular weight is 192 g/mol. The standard InChI is InChI=1S/C13H20O/c1-4-5-10-13(3,14)12-9-7-6-8-11(12)2/h6-9,14H,4-5,10H2,1-3H3. The summed E-state index contributed by atoms with van der Waals surface area (Å²) >= 11 is 0. The van der Waals surface area contributed by atoms with E-state index in [1.165, 1.54) is 5.56 Å². The predicted octanol–water partition coefficient (Wildman–Crippen LogP) is 3.39. The molecule has 1 heteroatoms. The van der Waals surface area contributed by atoms with E-state index in [1.807, 2.05) is 25.1 Å².